The molecular formula is C29H42N6O6. The normalized spacial score (nSPS) is 20.2. The molecule has 1 fully saturated rings. The number of aliphatic hydroxyl groups is 1. The minimum absolute atomic E-state index is 0.167. The summed E-state index contributed by atoms with van der Waals surface area (Å²) in [5.41, 5.74) is 1.54. The van der Waals surface area contributed by atoms with E-state index in [1.165, 1.54) is 6.42 Å². The molecule has 0 unspecified atom stereocenters. The summed E-state index contributed by atoms with van der Waals surface area (Å²) in [7, 11) is 1.73. The monoisotopic (exact) mass is 570 g/mol. The van der Waals surface area contributed by atoms with Gasteiger partial charge in [-0.25, -0.2) is 9.59 Å². The van der Waals surface area contributed by atoms with Gasteiger partial charge in [0, 0.05) is 25.6 Å². The standard InChI is InChI=1S/C29H42N6O6/c1-17-14-35(18(2)16-36)27(37)22-12-9-13-23(31-28(38)32-25-19(3)33-41-20(25)4)26(22)40-24(17)15-34(5)29(39)30-21-10-7-6-8-11-21/h9,12-13,17-18,21,24,36H,6-8,10-11,14-16H2,1-5H3,(H,30,39)(H2,31,32,38)/t17-,18-,24+/m0/s1. The molecule has 3 atom stereocenters. The van der Waals surface area contributed by atoms with Crippen LogP contribution in [0.5, 0.6) is 5.75 Å². The number of para-hydroxylation sites is 1. The van der Waals surface area contributed by atoms with Crippen molar-refractivity contribution in [3.8, 4) is 5.75 Å². The van der Waals surface area contributed by atoms with Gasteiger partial charge in [-0.05, 0) is 45.7 Å². The van der Waals surface area contributed by atoms with Crippen LogP contribution in [-0.2, 0) is 0 Å². The van der Waals surface area contributed by atoms with Crippen LogP contribution in [-0.4, -0.2) is 83.0 Å². The van der Waals surface area contributed by atoms with Crippen LogP contribution >= 0.6 is 0 Å². The zero-order valence-corrected chi connectivity index (χ0v) is 24.5. The maximum absolute atomic E-state index is 13.7. The number of nitrogens with zero attached hydrogens (tertiary/aromatic N) is 3. The smallest absolute Gasteiger partial charge is 0.323 e. The van der Waals surface area contributed by atoms with Gasteiger partial charge in [0.1, 0.15) is 17.5 Å². The van der Waals surface area contributed by atoms with Gasteiger partial charge in [0.25, 0.3) is 5.91 Å². The number of nitrogens with one attached hydrogen (secondary N) is 3. The third-order valence-electron chi connectivity index (χ3n) is 7.94. The molecule has 224 valence electrons. The third kappa shape index (κ3) is 7.10. The number of anilines is 2. The Bertz CT molecular complexity index is 1220. The second-order valence-corrected chi connectivity index (χ2v) is 11.2. The SMILES string of the molecule is Cc1noc(C)c1NC(=O)Nc1cccc2c1O[C@H](CN(C)C(=O)NC1CCCCC1)[C@@H](C)CN([C@@H](C)CO)C2=O. The fourth-order valence-corrected chi connectivity index (χ4v) is 5.37. The molecule has 41 heavy (non-hydrogen) atoms. The van der Waals surface area contributed by atoms with Crippen molar-refractivity contribution >= 4 is 29.3 Å². The van der Waals surface area contributed by atoms with E-state index in [0.29, 0.717) is 29.4 Å². The van der Waals surface area contributed by atoms with Gasteiger partial charge in [0.15, 0.2) is 11.5 Å². The summed E-state index contributed by atoms with van der Waals surface area (Å²) in [6, 6.07) is 3.96. The number of urea groups is 2. The zero-order valence-electron chi connectivity index (χ0n) is 24.5. The Labute approximate surface area is 240 Å². The van der Waals surface area contributed by atoms with Crippen molar-refractivity contribution in [3.05, 3.63) is 35.2 Å². The summed E-state index contributed by atoms with van der Waals surface area (Å²) in [6.45, 7) is 7.52. The van der Waals surface area contributed by atoms with Gasteiger partial charge < -0.3 is 40.1 Å². The fourth-order valence-electron chi connectivity index (χ4n) is 5.37. The molecule has 12 heteroatoms. The van der Waals surface area contributed by atoms with E-state index in [2.05, 4.69) is 21.1 Å². The second kappa shape index (κ2) is 13.2. The van der Waals surface area contributed by atoms with Gasteiger partial charge >= 0.3 is 12.1 Å². The molecular weight excluding hydrogens is 528 g/mol. The van der Waals surface area contributed by atoms with Crippen LogP contribution in [0.1, 0.15) is 67.8 Å². The van der Waals surface area contributed by atoms with E-state index in [9.17, 15) is 19.5 Å². The van der Waals surface area contributed by atoms with Gasteiger partial charge in [-0.1, -0.05) is 37.4 Å². The van der Waals surface area contributed by atoms with Gasteiger partial charge in [0.2, 0.25) is 0 Å². The average molecular weight is 571 g/mol. The number of aliphatic hydroxyl groups excluding tert-OH is 1. The van der Waals surface area contributed by atoms with E-state index >= 15 is 0 Å². The molecule has 0 radical (unpaired) electrons. The Kier molecular flexibility index (Phi) is 9.74. The lowest BCUT2D eigenvalue weighted by atomic mass is 9.96. The topological polar surface area (TPSA) is 149 Å². The lowest BCUT2D eigenvalue weighted by Gasteiger charge is -2.38. The number of fused-ring (bicyclic) bond motifs is 1. The second-order valence-electron chi connectivity index (χ2n) is 11.2. The van der Waals surface area contributed by atoms with E-state index < -0.39 is 18.2 Å². The minimum atomic E-state index is -0.555. The molecule has 1 aromatic heterocycles. The predicted molar refractivity (Wildman–Crippen MR) is 154 cm³/mol. The highest BCUT2D eigenvalue weighted by molar-refractivity contribution is 6.04. The van der Waals surface area contributed by atoms with Crippen LogP contribution in [0.15, 0.2) is 22.7 Å². The number of rotatable bonds is 7. The quantitative estimate of drug-likeness (QED) is 0.391. The molecule has 5 amide bonds. The Morgan fingerprint density at radius 2 is 1.93 bits per heavy atom. The summed E-state index contributed by atoms with van der Waals surface area (Å²) >= 11 is 0. The highest BCUT2D eigenvalue weighted by atomic mass is 16.5. The first-order valence-electron chi connectivity index (χ1n) is 14.3. The van der Waals surface area contributed by atoms with Gasteiger partial charge in [-0.3, -0.25) is 4.79 Å². The molecule has 4 N–H and O–H groups in total. The van der Waals surface area contributed by atoms with Crippen LogP contribution in [0, 0.1) is 19.8 Å². The summed E-state index contributed by atoms with van der Waals surface area (Å²) < 4.78 is 11.6. The molecule has 4 rings (SSSR count). The van der Waals surface area contributed by atoms with Crippen LogP contribution in [0.25, 0.3) is 0 Å². The highest BCUT2D eigenvalue weighted by Gasteiger charge is 2.35. The van der Waals surface area contributed by atoms with Crippen molar-refractivity contribution in [3.63, 3.8) is 0 Å². The van der Waals surface area contributed by atoms with Crippen molar-refractivity contribution in [1.82, 2.24) is 20.3 Å². The van der Waals surface area contributed by atoms with E-state index in [4.69, 9.17) is 9.26 Å². The van der Waals surface area contributed by atoms with E-state index in [-0.39, 0.29) is 48.4 Å². The molecule has 2 aromatic rings. The molecule has 0 saturated heterocycles. The number of hydrogen-bond acceptors (Lipinski definition) is 7. The van der Waals surface area contributed by atoms with E-state index in [0.717, 1.165) is 25.7 Å². The first kappa shape index (κ1) is 30.2. The molecule has 0 spiro atoms. The average Bonchev–Trinajstić information content (AvgIpc) is 3.27. The zero-order chi connectivity index (χ0) is 29.7. The van der Waals surface area contributed by atoms with Crippen molar-refractivity contribution in [1.29, 1.82) is 0 Å². The van der Waals surface area contributed by atoms with Crippen LogP contribution in [0.2, 0.25) is 0 Å². The number of likely N-dealkylation sites (N-methyl/N-ethyl adjacent to an activating group) is 1. The van der Waals surface area contributed by atoms with E-state index in [1.54, 1.807) is 55.8 Å². The summed E-state index contributed by atoms with van der Waals surface area (Å²) in [5.74, 6) is 0.156. The summed E-state index contributed by atoms with van der Waals surface area (Å²) in [6.07, 6.45) is 4.87. The number of carbonyl (C=O) groups excluding carboxylic acids is 3. The largest absolute Gasteiger partial charge is 0.485 e. The lowest BCUT2D eigenvalue weighted by molar-refractivity contribution is 0.0368. The third-order valence-corrected chi connectivity index (χ3v) is 7.94. The van der Waals surface area contributed by atoms with Crippen molar-refractivity contribution < 1.29 is 28.8 Å². The Hall–Kier alpha value is -3.80. The maximum atomic E-state index is 13.7. The molecule has 2 aliphatic rings. The molecule has 1 aromatic carbocycles. The number of hydrogen-bond donors (Lipinski definition) is 4. The first-order chi connectivity index (χ1) is 19.6. The number of amides is 5. The molecule has 2 heterocycles. The van der Waals surface area contributed by atoms with Gasteiger partial charge in [0.05, 0.1) is 30.4 Å². The fraction of sp³-hybridized carbons (Fsp3) is 0.586. The number of benzene rings is 1. The number of aromatic nitrogens is 1. The molecule has 12 nitrogen and oxygen atoms in total. The molecule has 1 saturated carbocycles. The molecule has 0 bridgehead atoms. The van der Waals surface area contributed by atoms with Crippen LogP contribution < -0.4 is 20.7 Å². The Morgan fingerprint density at radius 1 is 1.20 bits per heavy atom. The van der Waals surface area contributed by atoms with Crippen LogP contribution in [0.3, 0.4) is 0 Å². The summed E-state index contributed by atoms with van der Waals surface area (Å²) in [4.78, 5) is 43.0. The van der Waals surface area contributed by atoms with Gasteiger partial charge in [-0.15, -0.1) is 0 Å². The molecule has 1 aliphatic carbocycles. The van der Waals surface area contributed by atoms with Crippen molar-refractivity contribution in [2.45, 2.75) is 78.0 Å². The summed E-state index contributed by atoms with van der Waals surface area (Å²) in [5, 5.41) is 22.5. The number of carbonyl (C=O) groups is 3. The minimum Gasteiger partial charge on any atom is -0.485 e. The maximum Gasteiger partial charge on any atom is 0.323 e. The Morgan fingerprint density at radius 3 is 2.59 bits per heavy atom. The number of ether oxygens (including phenoxy) is 1. The lowest BCUT2D eigenvalue weighted by Crippen LogP contribution is -2.52. The van der Waals surface area contributed by atoms with Crippen molar-refractivity contribution in [2.24, 2.45) is 5.92 Å². The Balaban J connectivity index is 1.60. The first-order valence-corrected chi connectivity index (χ1v) is 14.3. The predicted octanol–water partition coefficient (Wildman–Crippen LogP) is 4.13. The van der Waals surface area contributed by atoms with Crippen molar-refractivity contribution in [2.75, 3.05) is 37.4 Å². The van der Waals surface area contributed by atoms with Gasteiger partial charge in [-0.2, -0.15) is 0 Å². The van der Waals surface area contributed by atoms with Crippen LogP contribution in [0.4, 0.5) is 21.0 Å². The molecule has 1 aliphatic heterocycles. The highest BCUT2D eigenvalue weighted by Crippen LogP contribution is 2.35. The number of aryl methyl sites for hydroxylation is 2. The van der Waals surface area contributed by atoms with E-state index in [1.807, 2.05) is 6.92 Å².